The molecule has 0 unspecified atom stereocenters. The molecule has 2 heterocycles. The first-order chi connectivity index (χ1) is 14.7. The number of likely N-dealkylation sites (tertiary alicyclic amines) is 1. The molecule has 6 heteroatoms. The summed E-state index contributed by atoms with van der Waals surface area (Å²) in [6.07, 6.45) is 9.24. The van der Waals surface area contributed by atoms with Crippen LogP contribution in [-0.2, 0) is 0 Å². The minimum Gasteiger partial charge on any atom is -0.490 e. The fourth-order valence-electron chi connectivity index (χ4n) is 3.63. The first-order valence-electron chi connectivity index (χ1n) is 10.3. The van der Waals surface area contributed by atoms with Gasteiger partial charge in [-0.25, -0.2) is 9.97 Å². The zero-order valence-corrected chi connectivity index (χ0v) is 17.4. The van der Waals surface area contributed by atoms with E-state index in [1.54, 1.807) is 6.33 Å². The van der Waals surface area contributed by atoms with E-state index in [1.165, 1.54) is 0 Å². The van der Waals surface area contributed by atoms with Crippen LogP contribution >= 0.6 is 0 Å². The molecule has 1 N–H and O–H groups in total. The van der Waals surface area contributed by atoms with E-state index in [4.69, 9.17) is 15.9 Å². The van der Waals surface area contributed by atoms with Gasteiger partial charge in [-0.15, -0.1) is 6.42 Å². The summed E-state index contributed by atoms with van der Waals surface area (Å²) in [5, 5.41) is 4.23. The normalized spacial score (nSPS) is 15.0. The van der Waals surface area contributed by atoms with Crippen molar-refractivity contribution in [2.24, 2.45) is 0 Å². The Labute approximate surface area is 177 Å². The second-order valence-corrected chi connectivity index (χ2v) is 7.44. The van der Waals surface area contributed by atoms with Crippen LogP contribution < -0.4 is 14.8 Å². The summed E-state index contributed by atoms with van der Waals surface area (Å²) in [7, 11) is 2.14. The lowest BCUT2D eigenvalue weighted by atomic mass is 10.1. The number of terminal acetylenes is 1. The van der Waals surface area contributed by atoms with E-state index >= 15 is 0 Å². The predicted molar refractivity (Wildman–Crippen MR) is 120 cm³/mol. The molecule has 0 amide bonds. The Morgan fingerprint density at radius 3 is 2.77 bits per heavy atom. The second-order valence-electron chi connectivity index (χ2n) is 7.44. The number of hydrogen-bond donors (Lipinski definition) is 1. The number of nitrogens with one attached hydrogen (secondary N) is 1. The molecule has 30 heavy (non-hydrogen) atoms. The summed E-state index contributed by atoms with van der Waals surface area (Å²) < 4.78 is 12.2. The fraction of sp³-hybridized carbons (Fsp3) is 0.333. The largest absolute Gasteiger partial charge is 0.490 e. The monoisotopic (exact) mass is 402 g/mol. The molecule has 0 spiro atoms. The molecule has 154 valence electrons. The van der Waals surface area contributed by atoms with Crippen molar-refractivity contribution in [2.75, 3.05) is 32.1 Å². The smallest absolute Gasteiger partial charge is 0.163 e. The van der Waals surface area contributed by atoms with Crippen LogP contribution in [0.4, 0.5) is 11.5 Å². The molecule has 4 rings (SSSR count). The number of aromatic nitrogens is 2. The van der Waals surface area contributed by atoms with Gasteiger partial charge in [0, 0.05) is 35.8 Å². The van der Waals surface area contributed by atoms with Gasteiger partial charge in [-0.2, -0.15) is 0 Å². The van der Waals surface area contributed by atoms with Gasteiger partial charge in [-0.1, -0.05) is 12.0 Å². The molecule has 0 saturated carbocycles. The van der Waals surface area contributed by atoms with Crippen LogP contribution in [0.25, 0.3) is 10.9 Å². The molecule has 1 aliphatic rings. The number of piperidine rings is 1. The molecule has 1 aliphatic heterocycles. The molecule has 1 aromatic heterocycles. The number of anilines is 2. The molecular formula is C24H26N4O2. The summed E-state index contributed by atoms with van der Waals surface area (Å²) in [5.74, 6) is 4.80. The van der Waals surface area contributed by atoms with Crippen molar-refractivity contribution in [2.45, 2.75) is 25.9 Å². The Bertz CT molecular complexity index is 1070. The van der Waals surface area contributed by atoms with Gasteiger partial charge in [-0.3, -0.25) is 0 Å². The molecule has 2 aromatic carbocycles. The van der Waals surface area contributed by atoms with Crippen molar-refractivity contribution in [1.29, 1.82) is 0 Å². The number of fused-ring (bicyclic) bond motifs is 1. The van der Waals surface area contributed by atoms with Gasteiger partial charge in [0.05, 0.1) is 12.1 Å². The highest BCUT2D eigenvalue weighted by molar-refractivity contribution is 5.93. The summed E-state index contributed by atoms with van der Waals surface area (Å²) in [4.78, 5) is 11.2. The van der Waals surface area contributed by atoms with Crippen LogP contribution in [0.15, 0.2) is 42.7 Å². The van der Waals surface area contributed by atoms with E-state index in [-0.39, 0.29) is 6.10 Å². The highest BCUT2D eigenvalue weighted by Gasteiger charge is 2.21. The Balaban J connectivity index is 1.69. The van der Waals surface area contributed by atoms with E-state index in [0.29, 0.717) is 18.2 Å². The van der Waals surface area contributed by atoms with Gasteiger partial charge in [0.1, 0.15) is 18.2 Å². The predicted octanol–water partition coefficient (Wildman–Crippen LogP) is 4.23. The van der Waals surface area contributed by atoms with E-state index in [1.807, 2.05) is 43.3 Å². The maximum absolute atomic E-state index is 6.38. The van der Waals surface area contributed by atoms with Gasteiger partial charge in [-0.05, 0) is 51.1 Å². The molecule has 3 aromatic rings. The lowest BCUT2D eigenvalue weighted by Crippen LogP contribution is -2.35. The van der Waals surface area contributed by atoms with Crippen molar-refractivity contribution in [3.05, 3.63) is 48.3 Å². The van der Waals surface area contributed by atoms with Gasteiger partial charge in [0.25, 0.3) is 0 Å². The van der Waals surface area contributed by atoms with Crippen molar-refractivity contribution in [3.8, 4) is 23.8 Å². The van der Waals surface area contributed by atoms with E-state index in [2.05, 4.69) is 33.2 Å². The summed E-state index contributed by atoms with van der Waals surface area (Å²) in [6.45, 7) is 4.59. The minimum absolute atomic E-state index is 0.172. The first kappa shape index (κ1) is 20.0. The maximum Gasteiger partial charge on any atom is 0.163 e. The average molecular weight is 402 g/mol. The SMILES string of the molecule is C#Cc1cccc(Nc2ncnc3cc(OCC)c(OC4CCN(C)CC4)cc23)c1. The standard InChI is InChI=1S/C24H26N4O2/c1-4-17-7-6-8-18(13-17)27-24-20-14-23(30-19-9-11-28(3)12-10-19)22(29-5-2)15-21(20)25-16-26-24/h1,6-8,13-16,19H,5,9-12H2,2-3H3,(H,25,26,27). The third-order valence-corrected chi connectivity index (χ3v) is 5.25. The van der Waals surface area contributed by atoms with Gasteiger partial charge in [0.15, 0.2) is 11.5 Å². The van der Waals surface area contributed by atoms with Crippen molar-refractivity contribution < 1.29 is 9.47 Å². The van der Waals surface area contributed by atoms with Gasteiger partial charge < -0.3 is 19.7 Å². The highest BCUT2D eigenvalue weighted by atomic mass is 16.5. The topological polar surface area (TPSA) is 59.5 Å². The van der Waals surface area contributed by atoms with E-state index in [9.17, 15) is 0 Å². The first-order valence-corrected chi connectivity index (χ1v) is 10.3. The van der Waals surface area contributed by atoms with Crippen LogP contribution in [0, 0.1) is 12.3 Å². The Hall–Kier alpha value is -3.30. The third-order valence-electron chi connectivity index (χ3n) is 5.25. The maximum atomic E-state index is 6.38. The van der Waals surface area contributed by atoms with E-state index in [0.717, 1.165) is 53.8 Å². The molecule has 1 fully saturated rings. The van der Waals surface area contributed by atoms with Crippen molar-refractivity contribution in [3.63, 3.8) is 0 Å². The highest BCUT2D eigenvalue weighted by Crippen LogP contribution is 2.36. The quantitative estimate of drug-likeness (QED) is 0.623. The number of benzene rings is 2. The molecule has 0 radical (unpaired) electrons. The average Bonchev–Trinajstić information content (AvgIpc) is 2.76. The van der Waals surface area contributed by atoms with Crippen molar-refractivity contribution in [1.82, 2.24) is 14.9 Å². The Kier molecular flexibility index (Phi) is 6.01. The van der Waals surface area contributed by atoms with Gasteiger partial charge >= 0.3 is 0 Å². The van der Waals surface area contributed by atoms with Crippen LogP contribution in [0.2, 0.25) is 0 Å². The second kappa shape index (κ2) is 9.02. The summed E-state index contributed by atoms with van der Waals surface area (Å²) in [5.41, 5.74) is 2.47. The lowest BCUT2D eigenvalue weighted by Gasteiger charge is -2.29. The van der Waals surface area contributed by atoms with Crippen molar-refractivity contribution >= 4 is 22.4 Å². The lowest BCUT2D eigenvalue weighted by molar-refractivity contribution is 0.110. The third kappa shape index (κ3) is 4.47. The fourth-order valence-corrected chi connectivity index (χ4v) is 3.63. The Morgan fingerprint density at radius 1 is 1.17 bits per heavy atom. The van der Waals surface area contributed by atoms with Gasteiger partial charge in [0.2, 0.25) is 0 Å². The van der Waals surface area contributed by atoms with E-state index < -0.39 is 0 Å². The molecule has 0 aliphatic carbocycles. The zero-order chi connectivity index (χ0) is 20.9. The molecule has 6 nitrogen and oxygen atoms in total. The van der Waals surface area contributed by atoms with Crippen LogP contribution in [0.1, 0.15) is 25.3 Å². The van der Waals surface area contributed by atoms with Crippen LogP contribution in [0.5, 0.6) is 11.5 Å². The Morgan fingerprint density at radius 2 is 2.00 bits per heavy atom. The molecular weight excluding hydrogens is 376 g/mol. The molecule has 0 bridgehead atoms. The molecule has 0 atom stereocenters. The number of ether oxygens (including phenoxy) is 2. The summed E-state index contributed by atoms with van der Waals surface area (Å²) >= 11 is 0. The minimum atomic E-state index is 0.172. The summed E-state index contributed by atoms with van der Waals surface area (Å²) in [6, 6.07) is 11.6. The number of hydrogen-bond acceptors (Lipinski definition) is 6. The number of nitrogens with zero attached hydrogens (tertiary/aromatic N) is 3. The molecule has 1 saturated heterocycles. The van der Waals surface area contributed by atoms with Crippen LogP contribution in [0.3, 0.4) is 0 Å². The van der Waals surface area contributed by atoms with Crippen LogP contribution in [-0.4, -0.2) is 47.7 Å². The zero-order valence-electron chi connectivity index (χ0n) is 17.4. The number of rotatable bonds is 6.